The van der Waals surface area contributed by atoms with E-state index in [1.807, 2.05) is 0 Å². The Kier molecular flexibility index (Phi) is 4.08. The van der Waals surface area contributed by atoms with Crippen LogP contribution < -0.4 is 0 Å². The van der Waals surface area contributed by atoms with Crippen LogP contribution in [0.1, 0.15) is 39.4 Å². The largest absolute Gasteiger partial charge is 0.410 e. The first-order chi connectivity index (χ1) is 9.22. The average molecular weight is 286 g/mol. The van der Waals surface area contributed by atoms with Crippen LogP contribution in [0.3, 0.4) is 0 Å². The fourth-order valence-corrected chi connectivity index (χ4v) is 3.65. The SMILES string of the molecule is CC(O[Si](C)(C)C(C)(C)C)c1cccc2ccccc12. The molecule has 0 spiro atoms. The molecule has 0 aliphatic rings. The lowest BCUT2D eigenvalue weighted by Crippen LogP contribution is -2.41. The molecule has 0 aromatic heterocycles. The van der Waals surface area contributed by atoms with Crippen LogP contribution in [0.25, 0.3) is 10.8 Å². The van der Waals surface area contributed by atoms with Crippen LogP contribution in [0.4, 0.5) is 0 Å². The first-order valence-corrected chi connectivity index (χ1v) is 10.3. The molecule has 1 unspecified atom stereocenters. The lowest BCUT2D eigenvalue weighted by atomic mass is 10.0. The minimum absolute atomic E-state index is 0.141. The van der Waals surface area contributed by atoms with Crippen LogP contribution in [-0.4, -0.2) is 8.32 Å². The number of benzene rings is 2. The molecular weight excluding hydrogens is 260 g/mol. The summed E-state index contributed by atoms with van der Waals surface area (Å²) in [7, 11) is -1.74. The van der Waals surface area contributed by atoms with Gasteiger partial charge in [0.1, 0.15) is 0 Å². The Morgan fingerprint density at radius 1 is 0.950 bits per heavy atom. The standard InChI is InChI=1S/C18H26OSi/c1-14(19-20(5,6)18(2,3)4)16-13-9-11-15-10-7-8-12-17(15)16/h7-14H,1-6H3. The molecular formula is C18H26OSi. The van der Waals surface area contributed by atoms with Crippen LogP contribution in [0, 0.1) is 0 Å². The monoisotopic (exact) mass is 286 g/mol. The maximum absolute atomic E-state index is 6.54. The van der Waals surface area contributed by atoms with Gasteiger partial charge in [0, 0.05) is 0 Å². The molecule has 0 aliphatic heterocycles. The Balaban J connectivity index is 2.35. The maximum atomic E-state index is 6.54. The quantitative estimate of drug-likeness (QED) is 0.636. The van der Waals surface area contributed by atoms with Crippen LogP contribution in [-0.2, 0) is 4.43 Å². The van der Waals surface area contributed by atoms with Gasteiger partial charge >= 0.3 is 0 Å². The lowest BCUT2D eigenvalue weighted by molar-refractivity contribution is 0.204. The van der Waals surface area contributed by atoms with Gasteiger partial charge in [0.05, 0.1) is 6.10 Å². The molecule has 0 amide bonds. The van der Waals surface area contributed by atoms with E-state index in [0.717, 1.165) is 0 Å². The summed E-state index contributed by atoms with van der Waals surface area (Å²) in [4.78, 5) is 0. The number of hydrogen-bond acceptors (Lipinski definition) is 1. The fraction of sp³-hybridized carbons (Fsp3) is 0.444. The Bertz CT molecular complexity index is 590. The number of fused-ring (bicyclic) bond motifs is 1. The Hall–Kier alpha value is -1.12. The topological polar surface area (TPSA) is 9.23 Å². The van der Waals surface area contributed by atoms with Crippen molar-refractivity contribution < 1.29 is 4.43 Å². The van der Waals surface area contributed by atoms with Gasteiger partial charge in [-0.15, -0.1) is 0 Å². The van der Waals surface area contributed by atoms with Crippen molar-refractivity contribution in [3.8, 4) is 0 Å². The predicted octanol–water partition coefficient (Wildman–Crippen LogP) is 5.92. The van der Waals surface area contributed by atoms with E-state index in [1.54, 1.807) is 0 Å². The zero-order chi connectivity index (χ0) is 15.0. The van der Waals surface area contributed by atoms with Gasteiger partial charge in [-0.2, -0.15) is 0 Å². The number of rotatable bonds is 3. The molecule has 108 valence electrons. The summed E-state index contributed by atoms with van der Waals surface area (Å²) < 4.78 is 6.54. The van der Waals surface area contributed by atoms with Crippen molar-refractivity contribution in [3.63, 3.8) is 0 Å². The minimum atomic E-state index is -1.74. The van der Waals surface area contributed by atoms with Crippen LogP contribution in [0.2, 0.25) is 18.1 Å². The van der Waals surface area contributed by atoms with E-state index in [4.69, 9.17) is 4.43 Å². The van der Waals surface area contributed by atoms with Crippen molar-refractivity contribution in [2.45, 2.75) is 51.9 Å². The Morgan fingerprint density at radius 3 is 2.20 bits per heavy atom. The van der Waals surface area contributed by atoms with Gasteiger partial charge in [0.2, 0.25) is 0 Å². The van der Waals surface area contributed by atoms with E-state index >= 15 is 0 Å². The van der Waals surface area contributed by atoms with Crippen molar-refractivity contribution in [3.05, 3.63) is 48.0 Å². The van der Waals surface area contributed by atoms with Gasteiger partial charge in [-0.25, -0.2) is 0 Å². The number of hydrogen-bond donors (Lipinski definition) is 0. The third kappa shape index (κ3) is 2.97. The average Bonchev–Trinajstić information content (AvgIpc) is 2.36. The molecule has 2 aromatic carbocycles. The zero-order valence-corrected chi connectivity index (χ0v) is 14.5. The van der Waals surface area contributed by atoms with E-state index in [2.05, 4.69) is 83.3 Å². The highest BCUT2D eigenvalue weighted by Crippen LogP contribution is 2.40. The van der Waals surface area contributed by atoms with Gasteiger partial charge in [-0.3, -0.25) is 0 Å². The second kappa shape index (κ2) is 5.34. The smallest absolute Gasteiger partial charge is 0.192 e. The summed E-state index contributed by atoms with van der Waals surface area (Å²) in [6.45, 7) is 13.7. The van der Waals surface area contributed by atoms with Crippen molar-refractivity contribution in [2.75, 3.05) is 0 Å². The molecule has 20 heavy (non-hydrogen) atoms. The Labute approximate surface area is 124 Å². The Morgan fingerprint density at radius 2 is 1.55 bits per heavy atom. The third-order valence-electron chi connectivity index (χ3n) is 4.54. The van der Waals surface area contributed by atoms with Crippen LogP contribution in [0.15, 0.2) is 42.5 Å². The normalized spacial score (nSPS) is 14.5. The van der Waals surface area contributed by atoms with Gasteiger partial charge in [-0.05, 0) is 41.4 Å². The van der Waals surface area contributed by atoms with E-state index in [9.17, 15) is 0 Å². The molecule has 0 fully saturated rings. The highest BCUT2D eigenvalue weighted by molar-refractivity contribution is 6.74. The lowest BCUT2D eigenvalue weighted by Gasteiger charge is -2.38. The fourth-order valence-electron chi connectivity index (χ4n) is 2.29. The van der Waals surface area contributed by atoms with Gasteiger partial charge in [-0.1, -0.05) is 63.2 Å². The highest BCUT2D eigenvalue weighted by atomic mass is 28.4. The van der Waals surface area contributed by atoms with Crippen molar-refractivity contribution in [1.29, 1.82) is 0 Å². The minimum Gasteiger partial charge on any atom is -0.410 e. The third-order valence-corrected chi connectivity index (χ3v) is 9.09. The van der Waals surface area contributed by atoms with Crippen LogP contribution >= 0.6 is 0 Å². The summed E-state index contributed by atoms with van der Waals surface area (Å²) in [5.41, 5.74) is 1.30. The van der Waals surface area contributed by atoms with Gasteiger partial charge in [0.15, 0.2) is 8.32 Å². The highest BCUT2D eigenvalue weighted by Gasteiger charge is 2.38. The summed E-state index contributed by atoms with van der Waals surface area (Å²) >= 11 is 0. The predicted molar refractivity (Wildman–Crippen MR) is 90.6 cm³/mol. The van der Waals surface area contributed by atoms with Crippen LogP contribution in [0.5, 0.6) is 0 Å². The van der Waals surface area contributed by atoms with Crippen molar-refractivity contribution in [2.24, 2.45) is 0 Å². The molecule has 2 aromatic rings. The molecule has 0 aliphatic carbocycles. The summed E-state index contributed by atoms with van der Waals surface area (Å²) in [5.74, 6) is 0. The van der Waals surface area contributed by atoms with Gasteiger partial charge in [0.25, 0.3) is 0 Å². The van der Waals surface area contributed by atoms with E-state index in [-0.39, 0.29) is 11.1 Å². The second-order valence-corrected chi connectivity index (χ2v) is 11.8. The zero-order valence-electron chi connectivity index (χ0n) is 13.5. The molecule has 0 saturated heterocycles. The maximum Gasteiger partial charge on any atom is 0.192 e. The first kappa shape index (κ1) is 15.3. The summed E-state index contributed by atoms with van der Waals surface area (Å²) in [6.07, 6.45) is 0.141. The molecule has 1 nitrogen and oxygen atoms in total. The molecule has 2 rings (SSSR count). The van der Waals surface area contributed by atoms with E-state index in [0.29, 0.717) is 0 Å². The molecule has 0 saturated carbocycles. The molecule has 0 bridgehead atoms. The van der Waals surface area contributed by atoms with Crippen molar-refractivity contribution >= 4 is 19.1 Å². The summed E-state index contributed by atoms with van der Waals surface area (Å²) in [5, 5.41) is 2.84. The first-order valence-electron chi connectivity index (χ1n) is 7.38. The van der Waals surface area contributed by atoms with E-state index in [1.165, 1.54) is 16.3 Å². The molecule has 0 heterocycles. The molecule has 2 heteroatoms. The molecule has 0 radical (unpaired) electrons. The molecule has 1 atom stereocenters. The second-order valence-electron chi connectivity index (χ2n) is 7.09. The summed E-state index contributed by atoms with van der Waals surface area (Å²) in [6, 6.07) is 15.0. The van der Waals surface area contributed by atoms with E-state index < -0.39 is 8.32 Å². The van der Waals surface area contributed by atoms with Gasteiger partial charge < -0.3 is 4.43 Å². The van der Waals surface area contributed by atoms with Crippen molar-refractivity contribution in [1.82, 2.24) is 0 Å². The molecule has 0 N–H and O–H groups in total.